The summed E-state index contributed by atoms with van der Waals surface area (Å²) in [5.74, 6) is 2.17. The summed E-state index contributed by atoms with van der Waals surface area (Å²) >= 11 is 0. The van der Waals surface area contributed by atoms with Gasteiger partial charge in [-0.25, -0.2) is 4.79 Å². The molecule has 0 unspecified atom stereocenters. The molecular formula is C25H24O3. The third-order valence-corrected chi connectivity index (χ3v) is 8.20. The Balaban J connectivity index is 1.56. The fourth-order valence-electron chi connectivity index (χ4n) is 6.83. The maximum absolute atomic E-state index is 12.6. The normalized spacial score (nSPS) is 31.6. The summed E-state index contributed by atoms with van der Waals surface area (Å²) in [6, 6.07) is 12.0. The van der Waals surface area contributed by atoms with Gasteiger partial charge in [0.05, 0.1) is 5.39 Å². The number of carbonyl (C=O) groups is 1. The first-order valence-electron chi connectivity index (χ1n) is 10.6. The first-order chi connectivity index (χ1) is 13.6. The summed E-state index contributed by atoms with van der Waals surface area (Å²) in [4.78, 5) is 24.9. The minimum atomic E-state index is -0.255. The first kappa shape index (κ1) is 16.5. The van der Waals surface area contributed by atoms with Crippen LogP contribution in [0.25, 0.3) is 21.7 Å². The highest BCUT2D eigenvalue weighted by Crippen LogP contribution is 2.60. The molecule has 3 aliphatic carbocycles. The molecule has 0 saturated heterocycles. The molecule has 0 amide bonds. The van der Waals surface area contributed by atoms with Crippen molar-refractivity contribution >= 4 is 27.5 Å². The molecule has 2 fully saturated rings. The van der Waals surface area contributed by atoms with Crippen LogP contribution in [0.2, 0.25) is 0 Å². The molecule has 6 rings (SSSR count). The highest BCUT2D eigenvalue weighted by atomic mass is 16.4. The van der Waals surface area contributed by atoms with Gasteiger partial charge in [-0.15, -0.1) is 0 Å². The van der Waals surface area contributed by atoms with Gasteiger partial charge >= 0.3 is 5.63 Å². The lowest BCUT2D eigenvalue weighted by atomic mass is 9.55. The molecule has 0 bridgehead atoms. The molecule has 2 aromatic carbocycles. The van der Waals surface area contributed by atoms with E-state index < -0.39 is 0 Å². The quantitative estimate of drug-likeness (QED) is 0.394. The monoisotopic (exact) mass is 372 g/mol. The number of rotatable bonds is 0. The fourth-order valence-corrected chi connectivity index (χ4v) is 6.83. The van der Waals surface area contributed by atoms with E-state index in [-0.39, 0.29) is 11.0 Å². The lowest BCUT2D eigenvalue weighted by Crippen LogP contribution is -2.42. The summed E-state index contributed by atoms with van der Waals surface area (Å²) in [6.07, 6.45) is 6.09. The maximum atomic E-state index is 12.6. The third kappa shape index (κ3) is 2.00. The van der Waals surface area contributed by atoms with E-state index >= 15 is 0 Å². The maximum Gasteiger partial charge on any atom is 0.344 e. The SMILES string of the molecule is C[C@]12CC[C@@H]3c4ccc5oc(=O)c6ccccc6c5c4CC[C@H]3[C@@H]1CCC2=O. The fraction of sp³-hybridized carbons (Fsp3) is 0.440. The van der Waals surface area contributed by atoms with Crippen molar-refractivity contribution in [2.75, 3.05) is 0 Å². The largest absolute Gasteiger partial charge is 0.422 e. The van der Waals surface area contributed by atoms with E-state index in [0.29, 0.717) is 34.5 Å². The lowest BCUT2D eigenvalue weighted by molar-refractivity contribution is -0.129. The van der Waals surface area contributed by atoms with E-state index in [1.54, 1.807) is 0 Å². The molecular weight excluding hydrogens is 348 g/mol. The van der Waals surface area contributed by atoms with Crippen molar-refractivity contribution in [3.63, 3.8) is 0 Å². The Hall–Kier alpha value is -2.42. The zero-order valence-corrected chi connectivity index (χ0v) is 16.2. The molecule has 3 nitrogen and oxygen atoms in total. The molecule has 2 saturated carbocycles. The summed E-state index contributed by atoms with van der Waals surface area (Å²) in [5.41, 5.74) is 3.16. The molecule has 0 N–H and O–H groups in total. The van der Waals surface area contributed by atoms with Gasteiger partial charge in [0.15, 0.2) is 0 Å². The van der Waals surface area contributed by atoms with Gasteiger partial charge in [-0.2, -0.15) is 0 Å². The highest BCUT2D eigenvalue weighted by molar-refractivity contribution is 6.06. The predicted octanol–water partition coefficient (Wildman–Crippen LogP) is 5.37. The van der Waals surface area contributed by atoms with Crippen molar-refractivity contribution in [2.45, 2.75) is 51.4 Å². The number of aryl methyl sites for hydroxylation is 1. The van der Waals surface area contributed by atoms with Crippen LogP contribution in [0.1, 0.15) is 56.1 Å². The molecule has 0 spiro atoms. The molecule has 142 valence electrons. The van der Waals surface area contributed by atoms with Gasteiger partial charge < -0.3 is 4.42 Å². The average Bonchev–Trinajstić information content (AvgIpc) is 3.02. The van der Waals surface area contributed by atoms with Crippen molar-refractivity contribution in [2.24, 2.45) is 17.3 Å². The predicted molar refractivity (Wildman–Crippen MR) is 110 cm³/mol. The summed E-state index contributed by atoms with van der Waals surface area (Å²) < 4.78 is 5.68. The number of fused-ring (bicyclic) bond motifs is 9. The second-order valence-corrected chi connectivity index (χ2v) is 9.28. The first-order valence-corrected chi connectivity index (χ1v) is 10.6. The van der Waals surface area contributed by atoms with E-state index in [1.165, 1.54) is 11.1 Å². The number of Topliss-reactive ketones (excluding diaryl/α,β-unsaturated/α-hetero) is 1. The Morgan fingerprint density at radius 3 is 2.64 bits per heavy atom. The standard InChI is InChI=1S/C25H24O3/c1-25-13-12-15-14-8-10-21-23(17-4-2-3-5-19(17)24(27)28-21)18(14)7-6-16(15)20(25)9-11-22(25)26/h2-5,8,10,15-16,20H,6-7,9,11-13H2,1H3/t15-,16-,20+,25+/m1/s1. The molecule has 1 aromatic heterocycles. The van der Waals surface area contributed by atoms with E-state index in [4.69, 9.17) is 4.42 Å². The van der Waals surface area contributed by atoms with Gasteiger partial charge in [-0.3, -0.25) is 4.79 Å². The van der Waals surface area contributed by atoms with Gasteiger partial charge in [-0.05, 0) is 73.1 Å². The Kier molecular flexibility index (Phi) is 3.28. The molecule has 28 heavy (non-hydrogen) atoms. The Morgan fingerprint density at radius 2 is 1.79 bits per heavy atom. The summed E-state index contributed by atoms with van der Waals surface area (Å²) in [6.45, 7) is 2.22. The van der Waals surface area contributed by atoms with Crippen LogP contribution in [0.5, 0.6) is 0 Å². The smallest absolute Gasteiger partial charge is 0.344 e. The Bertz CT molecular complexity index is 1200. The molecule has 0 aliphatic heterocycles. The van der Waals surface area contributed by atoms with Crippen LogP contribution < -0.4 is 5.63 Å². The molecule has 0 radical (unpaired) electrons. The number of hydrogen-bond acceptors (Lipinski definition) is 3. The number of carbonyl (C=O) groups excluding carboxylic acids is 1. The van der Waals surface area contributed by atoms with Gasteiger partial charge in [-0.1, -0.05) is 31.2 Å². The number of benzene rings is 2. The average molecular weight is 372 g/mol. The molecule has 1 heterocycles. The van der Waals surface area contributed by atoms with E-state index in [1.807, 2.05) is 24.3 Å². The van der Waals surface area contributed by atoms with Crippen molar-refractivity contribution in [1.29, 1.82) is 0 Å². The van der Waals surface area contributed by atoms with Gasteiger partial charge in [0, 0.05) is 22.6 Å². The van der Waals surface area contributed by atoms with Crippen LogP contribution in [-0.2, 0) is 11.2 Å². The summed E-state index contributed by atoms with van der Waals surface area (Å²) in [7, 11) is 0. The lowest BCUT2D eigenvalue weighted by Gasteiger charge is -2.48. The van der Waals surface area contributed by atoms with Gasteiger partial charge in [0.2, 0.25) is 0 Å². The van der Waals surface area contributed by atoms with E-state index in [2.05, 4.69) is 19.1 Å². The van der Waals surface area contributed by atoms with Gasteiger partial charge in [0.25, 0.3) is 0 Å². The zero-order chi connectivity index (χ0) is 19.0. The number of ketones is 1. The van der Waals surface area contributed by atoms with Crippen molar-refractivity contribution in [1.82, 2.24) is 0 Å². The van der Waals surface area contributed by atoms with Crippen LogP contribution in [0.15, 0.2) is 45.6 Å². The van der Waals surface area contributed by atoms with E-state index in [0.717, 1.165) is 49.3 Å². The van der Waals surface area contributed by atoms with Crippen LogP contribution in [0, 0.1) is 17.3 Å². The topological polar surface area (TPSA) is 47.3 Å². The van der Waals surface area contributed by atoms with Crippen molar-refractivity contribution < 1.29 is 9.21 Å². The van der Waals surface area contributed by atoms with Crippen LogP contribution in [0.4, 0.5) is 0 Å². The van der Waals surface area contributed by atoms with E-state index in [9.17, 15) is 9.59 Å². The summed E-state index contributed by atoms with van der Waals surface area (Å²) in [5, 5.41) is 2.81. The van der Waals surface area contributed by atoms with Crippen LogP contribution >= 0.6 is 0 Å². The number of hydrogen-bond donors (Lipinski definition) is 0. The minimum absolute atomic E-state index is 0.0883. The highest BCUT2D eigenvalue weighted by Gasteiger charge is 2.54. The van der Waals surface area contributed by atoms with Crippen molar-refractivity contribution in [3.8, 4) is 0 Å². The third-order valence-electron chi connectivity index (χ3n) is 8.20. The molecule has 4 atom stereocenters. The van der Waals surface area contributed by atoms with Crippen LogP contribution in [0.3, 0.4) is 0 Å². The minimum Gasteiger partial charge on any atom is -0.422 e. The second-order valence-electron chi connectivity index (χ2n) is 9.28. The second kappa shape index (κ2) is 5.56. The van der Waals surface area contributed by atoms with Gasteiger partial charge in [0.1, 0.15) is 11.4 Å². The Morgan fingerprint density at radius 1 is 0.964 bits per heavy atom. The zero-order valence-electron chi connectivity index (χ0n) is 16.2. The molecule has 3 aromatic rings. The van der Waals surface area contributed by atoms with Crippen LogP contribution in [-0.4, -0.2) is 5.78 Å². The molecule has 3 heteroatoms. The van der Waals surface area contributed by atoms with Crippen molar-refractivity contribution in [3.05, 3.63) is 57.9 Å². The Labute approximate surface area is 163 Å². The molecule has 3 aliphatic rings.